The summed E-state index contributed by atoms with van der Waals surface area (Å²) >= 11 is 5.67. The second kappa shape index (κ2) is 5.82. The third-order valence-corrected chi connectivity index (χ3v) is 2.76. The Morgan fingerprint density at radius 2 is 2.22 bits per heavy atom. The molecule has 6 heteroatoms. The van der Waals surface area contributed by atoms with E-state index in [9.17, 15) is 4.39 Å². The van der Waals surface area contributed by atoms with Gasteiger partial charge in [0.05, 0.1) is 0 Å². The number of benzene rings is 1. The second-order valence-corrected chi connectivity index (χ2v) is 3.98. The molecule has 0 N–H and O–H groups in total. The van der Waals surface area contributed by atoms with Crippen LogP contribution in [0.3, 0.4) is 0 Å². The Labute approximate surface area is 109 Å². The molecule has 0 unspecified atom stereocenters. The van der Waals surface area contributed by atoms with Crippen molar-refractivity contribution < 1.29 is 9.13 Å². The zero-order valence-corrected chi connectivity index (χ0v) is 10.7. The normalized spacial score (nSPS) is 10.6. The van der Waals surface area contributed by atoms with Gasteiger partial charge in [-0.15, -0.1) is 11.6 Å². The number of alkyl halides is 1. The lowest BCUT2D eigenvalue weighted by atomic mass is 10.2. The summed E-state index contributed by atoms with van der Waals surface area (Å²) in [7, 11) is 0. The molecule has 0 aliphatic rings. The van der Waals surface area contributed by atoms with E-state index in [2.05, 4.69) is 10.1 Å². The molecule has 4 nitrogen and oxygen atoms in total. The molecule has 0 saturated carbocycles. The maximum atomic E-state index is 13.3. The summed E-state index contributed by atoms with van der Waals surface area (Å²) in [4.78, 5) is 4.07. The maximum Gasteiger partial charge on any atom is 0.164 e. The van der Waals surface area contributed by atoms with Gasteiger partial charge in [-0.1, -0.05) is 0 Å². The second-order valence-electron chi connectivity index (χ2n) is 3.71. The van der Waals surface area contributed by atoms with Gasteiger partial charge < -0.3 is 4.74 Å². The van der Waals surface area contributed by atoms with E-state index in [1.807, 2.05) is 6.92 Å². The number of hydrogen-bond acceptors (Lipinski definition) is 3. The predicted molar refractivity (Wildman–Crippen MR) is 66.0 cm³/mol. The Balaban J connectivity index is 2.08. The van der Waals surface area contributed by atoms with Gasteiger partial charge in [-0.2, -0.15) is 5.10 Å². The van der Waals surface area contributed by atoms with Crippen LogP contribution in [0.1, 0.15) is 18.3 Å². The van der Waals surface area contributed by atoms with E-state index in [1.54, 1.807) is 10.7 Å². The minimum absolute atomic E-state index is 0.249. The first-order valence-electron chi connectivity index (χ1n) is 5.58. The van der Waals surface area contributed by atoms with Crippen molar-refractivity contribution >= 4 is 11.6 Å². The summed E-state index contributed by atoms with van der Waals surface area (Å²) in [6.07, 6.45) is 1.47. The summed E-state index contributed by atoms with van der Waals surface area (Å²) in [6.45, 7) is 2.93. The van der Waals surface area contributed by atoms with Crippen LogP contribution in [0.25, 0.3) is 0 Å². The third kappa shape index (κ3) is 2.98. The number of hydrogen-bond donors (Lipinski definition) is 0. The summed E-state index contributed by atoms with van der Waals surface area (Å²) in [6, 6.07) is 4.42. The van der Waals surface area contributed by atoms with Gasteiger partial charge in [0.2, 0.25) is 0 Å². The zero-order chi connectivity index (χ0) is 13.0. The highest BCUT2D eigenvalue weighted by atomic mass is 35.5. The Kier molecular flexibility index (Phi) is 4.15. The summed E-state index contributed by atoms with van der Waals surface area (Å²) < 4.78 is 20.5. The summed E-state index contributed by atoms with van der Waals surface area (Å²) in [5.74, 6) is 1.03. The molecular weight excluding hydrogens is 257 g/mol. The molecule has 0 aliphatic heterocycles. The fourth-order valence-corrected chi connectivity index (χ4v) is 1.75. The molecule has 0 radical (unpaired) electrons. The zero-order valence-electron chi connectivity index (χ0n) is 9.94. The van der Waals surface area contributed by atoms with Gasteiger partial charge >= 0.3 is 0 Å². The van der Waals surface area contributed by atoms with E-state index in [0.717, 1.165) is 6.54 Å². The van der Waals surface area contributed by atoms with Crippen molar-refractivity contribution in [2.24, 2.45) is 0 Å². The van der Waals surface area contributed by atoms with Crippen LogP contribution in [-0.2, 0) is 19.0 Å². The van der Waals surface area contributed by atoms with Crippen molar-refractivity contribution in [3.05, 3.63) is 41.7 Å². The number of aromatic nitrogens is 3. The molecule has 0 bridgehead atoms. The van der Waals surface area contributed by atoms with Crippen LogP contribution >= 0.6 is 11.6 Å². The van der Waals surface area contributed by atoms with Crippen LogP contribution in [0.4, 0.5) is 4.39 Å². The van der Waals surface area contributed by atoms with Crippen LogP contribution < -0.4 is 4.74 Å². The first-order valence-corrected chi connectivity index (χ1v) is 6.11. The van der Waals surface area contributed by atoms with E-state index < -0.39 is 0 Å². The smallest absolute Gasteiger partial charge is 0.164 e. The van der Waals surface area contributed by atoms with E-state index >= 15 is 0 Å². The SMILES string of the molecule is CCn1ncnc1COc1cc(F)cc(CCl)c1. The monoisotopic (exact) mass is 269 g/mol. The standard InChI is InChI=1S/C12H13ClFN3O/c1-2-17-12(15-8-16-17)7-18-11-4-9(6-13)3-10(14)5-11/h3-5,8H,2,6-7H2,1H3. The van der Waals surface area contributed by atoms with Gasteiger partial charge in [-0.3, -0.25) is 0 Å². The van der Waals surface area contributed by atoms with Crippen LogP contribution in [-0.4, -0.2) is 14.8 Å². The predicted octanol–water partition coefficient (Wildman–Crippen LogP) is 2.75. The Morgan fingerprint density at radius 3 is 2.94 bits per heavy atom. The van der Waals surface area contributed by atoms with Crippen molar-refractivity contribution in [2.45, 2.75) is 26.0 Å². The Hall–Kier alpha value is -1.62. The number of aryl methyl sites for hydroxylation is 1. The number of ether oxygens (including phenoxy) is 1. The van der Waals surface area contributed by atoms with Crippen LogP contribution in [0.15, 0.2) is 24.5 Å². The number of halogens is 2. The first-order chi connectivity index (χ1) is 8.72. The minimum Gasteiger partial charge on any atom is -0.486 e. The van der Waals surface area contributed by atoms with Crippen molar-refractivity contribution in [2.75, 3.05) is 0 Å². The van der Waals surface area contributed by atoms with Crippen molar-refractivity contribution in [3.8, 4) is 5.75 Å². The molecule has 0 spiro atoms. The lowest BCUT2D eigenvalue weighted by Crippen LogP contribution is -2.07. The lowest BCUT2D eigenvalue weighted by molar-refractivity contribution is 0.285. The van der Waals surface area contributed by atoms with E-state index in [0.29, 0.717) is 17.1 Å². The molecule has 0 atom stereocenters. The molecule has 2 rings (SSSR count). The molecule has 0 saturated heterocycles. The molecule has 1 aromatic heterocycles. The molecule has 96 valence electrons. The highest BCUT2D eigenvalue weighted by Gasteiger charge is 2.05. The molecule has 0 amide bonds. The number of nitrogens with zero attached hydrogens (tertiary/aromatic N) is 3. The molecule has 1 heterocycles. The lowest BCUT2D eigenvalue weighted by Gasteiger charge is -2.08. The molecule has 0 fully saturated rings. The summed E-state index contributed by atoms with van der Waals surface area (Å²) in [5, 5.41) is 4.03. The maximum absolute atomic E-state index is 13.3. The van der Waals surface area contributed by atoms with Crippen LogP contribution in [0.2, 0.25) is 0 Å². The van der Waals surface area contributed by atoms with Crippen molar-refractivity contribution in [1.29, 1.82) is 0 Å². The van der Waals surface area contributed by atoms with E-state index in [4.69, 9.17) is 16.3 Å². The quantitative estimate of drug-likeness (QED) is 0.784. The Bertz CT molecular complexity index is 530. The van der Waals surface area contributed by atoms with E-state index in [1.165, 1.54) is 18.5 Å². The fourth-order valence-electron chi connectivity index (χ4n) is 1.59. The van der Waals surface area contributed by atoms with Gasteiger partial charge in [0.15, 0.2) is 5.82 Å². The van der Waals surface area contributed by atoms with E-state index in [-0.39, 0.29) is 18.3 Å². The fraction of sp³-hybridized carbons (Fsp3) is 0.333. The molecule has 18 heavy (non-hydrogen) atoms. The van der Waals surface area contributed by atoms with Crippen LogP contribution in [0, 0.1) is 5.82 Å². The largest absolute Gasteiger partial charge is 0.486 e. The average Bonchev–Trinajstić information content (AvgIpc) is 2.83. The van der Waals surface area contributed by atoms with Gasteiger partial charge in [0.25, 0.3) is 0 Å². The van der Waals surface area contributed by atoms with Crippen LogP contribution in [0.5, 0.6) is 5.75 Å². The molecule has 0 aliphatic carbocycles. The van der Waals surface area contributed by atoms with Gasteiger partial charge in [-0.25, -0.2) is 14.1 Å². The topological polar surface area (TPSA) is 39.9 Å². The van der Waals surface area contributed by atoms with Crippen molar-refractivity contribution in [3.63, 3.8) is 0 Å². The minimum atomic E-state index is -0.361. The highest BCUT2D eigenvalue weighted by Crippen LogP contribution is 2.18. The molecule has 1 aromatic carbocycles. The number of rotatable bonds is 5. The van der Waals surface area contributed by atoms with Gasteiger partial charge in [0.1, 0.15) is 24.5 Å². The average molecular weight is 270 g/mol. The first kappa shape index (κ1) is 12.8. The highest BCUT2D eigenvalue weighted by molar-refractivity contribution is 6.17. The summed E-state index contributed by atoms with van der Waals surface area (Å²) in [5.41, 5.74) is 0.684. The molecule has 2 aromatic rings. The van der Waals surface area contributed by atoms with Gasteiger partial charge in [0, 0.05) is 18.5 Å². The van der Waals surface area contributed by atoms with Gasteiger partial charge in [-0.05, 0) is 24.6 Å². The molecular formula is C12H13ClFN3O. The third-order valence-electron chi connectivity index (χ3n) is 2.45. The van der Waals surface area contributed by atoms with Crippen molar-refractivity contribution in [1.82, 2.24) is 14.8 Å². The Morgan fingerprint density at radius 1 is 1.39 bits per heavy atom.